The summed E-state index contributed by atoms with van der Waals surface area (Å²) in [6.45, 7) is 4.48. The molecule has 78 valence electrons. The molecule has 0 saturated heterocycles. The van der Waals surface area contributed by atoms with E-state index >= 15 is 0 Å². The molecule has 3 unspecified atom stereocenters. The van der Waals surface area contributed by atoms with Crippen LogP contribution in [0.25, 0.3) is 0 Å². The van der Waals surface area contributed by atoms with E-state index in [-0.39, 0.29) is 0 Å². The van der Waals surface area contributed by atoms with Crippen molar-refractivity contribution in [3.05, 3.63) is 18.0 Å². The van der Waals surface area contributed by atoms with Gasteiger partial charge in [-0.2, -0.15) is 5.10 Å². The van der Waals surface area contributed by atoms with Crippen molar-refractivity contribution in [1.82, 2.24) is 15.1 Å². The van der Waals surface area contributed by atoms with Crippen LogP contribution in [0.5, 0.6) is 0 Å². The Morgan fingerprint density at radius 1 is 1.71 bits per heavy atom. The zero-order valence-corrected chi connectivity index (χ0v) is 9.20. The van der Waals surface area contributed by atoms with Gasteiger partial charge in [-0.1, -0.05) is 13.3 Å². The second-order valence-corrected chi connectivity index (χ2v) is 4.35. The van der Waals surface area contributed by atoms with Gasteiger partial charge in [-0.15, -0.1) is 0 Å². The predicted molar refractivity (Wildman–Crippen MR) is 56.9 cm³/mol. The molecule has 0 aromatic carbocycles. The molecule has 0 bridgehead atoms. The van der Waals surface area contributed by atoms with Crippen molar-refractivity contribution in [2.45, 2.75) is 38.8 Å². The summed E-state index contributed by atoms with van der Waals surface area (Å²) in [7, 11) is 1.96. The van der Waals surface area contributed by atoms with Crippen molar-refractivity contribution in [2.75, 3.05) is 0 Å². The third-order valence-corrected chi connectivity index (χ3v) is 3.14. The lowest BCUT2D eigenvalue weighted by molar-refractivity contribution is 0.539. The molecule has 1 fully saturated rings. The average Bonchev–Trinajstić information content (AvgIpc) is 2.77. The molecule has 0 amide bonds. The van der Waals surface area contributed by atoms with Crippen LogP contribution < -0.4 is 5.32 Å². The fraction of sp³-hybridized carbons (Fsp3) is 0.727. The van der Waals surface area contributed by atoms with Crippen molar-refractivity contribution in [1.29, 1.82) is 0 Å². The Kier molecular flexibility index (Phi) is 2.59. The van der Waals surface area contributed by atoms with Gasteiger partial charge in [0.1, 0.15) is 0 Å². The number of nitrogens with zero attached hydrogens (tertiary/aromatic N) is 2. The number of aromatic nitrogens is 2. The largest absolute Gasteiger partial charge is 0.307 e. The van der Waals surface area contributed by atoms with Gasteiger partial charge >= 0.3 is 0 Å². The molecule has 1 N–H and O–H groups in total. The van der Waals surface area contributed by atoms with Crippen LogP contribution in [-0.2, 0) is 7.05 Å². The van der Waals surface area contributed by atoms with Gasteiger partial charge < -0.3 is 5.32 Å². The molecule has 1 aliphatic rings. The van der Waals surface area contributed by atoms with Gasteiger partial charge in [0.2, 0.25) is 0 Å². The van der Waals surface area contributed by atoms with Gasteiger partial charge in [0.25, 0.3) is 0 Å². The lowest BCUT2D eigenvalue weighted by Crippen LogP contribution is -2.21. The molecule has 3 heteroatoms. The van der Waals surface area contributed by atoms with E-state index in [4.69, 9.17) is 0 Å². The summed E-state index contributed by atoms with van der Waals surface area (Å²) in [6.07, 6.45) is 6.68. The maximum atomic E-state index is 4.18. The van der Waals surface area contributed by atoms with E-state index < -0.39 is 0 Å². The molecular weight excluding hydrogens is 174 g/mol. The van der Waals surface area contributed by atoms with Gasteiger partial charge in [-0.25, -0.2) is 0 Å². The second kappa shape index (κ2) is 3.73. The van der Waals surface area contributed by atoms with Crippen LogP contribution >= 0.6 is 0 Å². The molecule has 3 nitrogen and oxygen atoms in total. The lowest BCUT2D eigenvalue weighted by atomic mass is 10.2. The molecule has 0 aliphatic heterocycles. The Morgan fingerprint density at radius 2 is 2.50 bits per heavy atom. The summed E-state index contributed by atoms with van der Waals surface area (Å²) >= 11 is 0. The van der Waals surface area contributed by atoms with Gasteiger partial charge in [-0.05, 0) is 19.3 Å². The summed E-state index contributed by atoms with van der Waals surface area (Å²) in [5, 5.41) is 7.81. The zero-order valence-electron chi connectivity index (χ0n) is 9.20. The van der Waals surface area contributed by atoms with Gasteiger partial charge in [-0.3, -0.25) is 4.68 Å². The van der Waals surface area contributed by atoms with Crippen LogP contribution in [-0.4, -0.2) is 15.8 Å². The molecule has 1 saturated carbocycles. The van der Waals surface area contributed by atoms with Crippen LogP contribution in [0.2, 0.25) is 0 Å². The summed E-state index contributed by atoms with van der Waals surface area (Å²) in [4.78, 5) is 0. The molecular formula is C11H19N3. The molecule has 1 aromatic heterocycles. The van der Waals surface area contributed by atoms with E-state index in [0.717, 1.165) is 12.0 Å². The van der Waals surface area contributed by atoms with Gasteiger partial charge in [0.15, 0.2) is 0 Å². The minimum absolute atomic E-state index is 0.435. The highest BCUT2D eigenvalue weighted by Crippen LogP contribution is 2.34. The van der Waals surface area contributed by atoms with Crippen molar-refractivity contribution in [3.63, 3.8) is 0 Å². The van der Waals surface area contributed by atoms with Crippen LogP contribution in [0.3, 0.4) is 0 Å². The highest BCUT2D eigenvalue weighted by Gasteiger charge is 2.35. The van der Waals surface area contributed by atoms with Crippen LogP contribution in [0.15, 0.2) is 12.4 Å². The average molecular weight is 193 g/mol. The number of hydrogen-bond acceptors (Lipinski definition) is 2. The molecule has 1 aromatic rings. The number of aryl methyl sites for hydroxylation is 1. The van der Waals surface area contributed by atoms with Crippen LogP contribution in [0, 0.1) is 5.92 Å². The van der Waals surface area contributed by atoms with E-state index in [1.165, 1.54) is 18.4 Å². The van der Waals surface area contributed by atoms with Gasteiger partial charge in [0, 0.05) is 30.9 Å². The SMILES string of the molecule is CCC1CC1NC(C)c1cnn(C)c1. The van der Waals surface area contributed by atoms with E-state index in [9.17, 15) is 0 Å². The second-order valence-electron chi connectivity index (χ2n) is 4.35. The van der Waals surface area contributed by atoms with Crippen molar-refractivity contribution < 1.29 is 0 Å². The quantitative estimate of drug-likeness (QED) is 0.791. The first kappa shape index (κ1) is 9.71. The topological polar surface area (TPSA) is 29.9 Å². The maximum Gasteiger partial charge on any atom is 0.0537 e. The van der Waals surface area contributed by atoms with Crippen molar-refractivity contribution in [2.24, 2.45) is 13.0 Å². The first-order chi connectivity index (χ1) is 6.70. The summed E-state index contributed by atoms with van der Waals surface area (Å²) in [5.41, 5.74) is 1.29. The third-order valence-electron chi connectivity index (χ3n) is 3.14. The molecule has 1 aliphatic carbocycles. The number of nitrogens with one attached hydrogen (secondary N) is 1. The summed E-state index contributed by atoms with van der Waals surface area (Å²) in [6, 6.07) is 1.18. The fourth-order valence-electron chi connectivity index (χ4n) is 1.98. The number of hydrogen-bond donors (Lipinski definition) is 1. The summed E-state index contributed by atoms with van der Waals surface area (Å²) in [5.74, 6) is 0.911. The first-order valence-electron chi connectivity index (χ1n) is 5.45. The lowest BCUT2D eigenvalue weighted by Gasteiger charge is -2.11. The highest BCUT2D eigenvalue weighted by atomic mass is 15.2. The third kappa shape index (κ3) is 1.98. The monoisotopic (exact) mass is 193 g/mol. The van der Waals surface area contributed by atoms with E-state index in [1.54, 1.807) is 0 Å². The molecule has 0 spiro atoms. The van der Waals surface area contributed by atoms with Crippen molar-refractivity contribution >= 4 is 0 Å². The Bertz CT molecular complexity index is 305. The predicted octanol–water partition coefficient (Wildman–Crippen LogP) is 1.87. The van der Waals surface area contributed by atoms with Crippen LogP contribution in [0.4, 0.5) is 0 Å². The highest BCUT2D eigenvalue weighted by molar-refractivity contribution is 5.10. The normalized spacial score (nSPS) is 27.6. The van der Waals surface area contributed by atoms with Gasteiger partial charge in [0.05, 0.1) is 6.20 Å². The molecule has 2 rings (SSSR count). The smallest absolute Gasteiger partial charge is 0.0537 e. The zero-order chi connectivity index (χ0) is 10.1. The Hall–Kier alpha value is -0.830. The molecule has 0 radical (unpaired) electrons. The minimum atomic E-state index is 0.435. The van der Waals surface area contributed by atoms with E-state index in [2.05, 4.69) is 30.5 Å². The Morgan fingerprint density at radius 3 is 3.00 bits per heavy atom. The fourth-order valence-corrected chi connectivity index (χ4v) is 1.98. The van der Waals surface area contributed by atoms with Crippen molar-refractivity contribution in [3.8, 4) is 0 Å². The van der Waals surface area contributed by atoms with E-state index in [0.29, 0.717) is 6.04 Å². The van der Waals surface area contributed by atoms with Crippen LogP contribution in [0.1, 0.15) is 38.3 Å². The Labute approximate surface area is 85.5 Å². The van der Waals surface area contributed by atoms with E-state index in [1.807, 2.05) is 17.9 Å². The first-order valence-corrected chi connectivity index (χ1v) is 5.45. The standard InChI is InChI=1S/C11H19N3/c1-4-9-5-11(9)13-8(2)10-6-12-14(3)7-10/h6-9,11,13H,4-5H2,1-3H3. The molecule has 14 heavy (non-hydrogen) atoms. The maximum absolute atomic E-state index is 4.18. The molecule has 1 heterocycles. The Balaban J connectivity index is 1.87. The summed E-state index contributed by atoms with van der Waals surface area (Å²) < 4.78 is 1.86. The minimum Gasteiger partial charge on any atom is -0.307 e. The number of rotatable bonds is 4. The molecule has 3 atom stereocenters.